The molecule has 5 heterocycles. The van der Waals surface area contributed by atoms with Crippen molar-refractivity contribution in [2.75, 3.05) is 37.7 Å². The number of carbonyl (C=O) groups is 4. The number of halogens is 2. The molecule has 1 aromatic heterocycles. The van der Waals surface area contributed by atoms with Crippen LogP contribution in [-0.4, -0.2) is 104 Å². The van der Waals surface area contributed by atoms with E-state index < -0.39 is 41.1 Å². The summed E-state index contributed by atoms with van der Waals surface area (Å²) in [5.74, 6) is -4.07. The first kappa shape index (κ1) is 29.5. The quantitative estimate of drug-likeness (QED) is 0.485. The van der Waals surface area contributed by atoms with Gasteiger partial charge in [0.1, 0.15) is 11.6 Å². The molecule has 1 spiro atoms. The third-order valence-corrected chi connectivity index (χ3v) is 11.1. The van der Waals surface area contributed by atoms with E-state index in [1.807, 2.05) is 6.07 Å². The molecule has 5 fully saturated rings. The number of alkyl halides is 2. The van der Waals surface area contributed by atoms with Gasteiger partial charge in [-0.15, -0.1) is 5.10 Å². The minimum absolute atomic E-state index is 0.0654. The molecule has 0 bridgehead atoms. The molecular formula is C31H36F2N8O5. The van der Waals surface area contributed by atoms with Crippen LogP contribution in [0.3, 0.4) is 0 Å². The number of carbonyl (C=O) groups excluding carboxylic acids is 4. The number of imide groups is 2. The van der Waals surface area contributed by atoms with Gasteiger partial charge in [-0.3, -0.25) is 34.3 Å². The average molecular weight is 639 g/mol. The van der Waals surface area contributed by atoms with Crippen LogP contribution in [0.5, 0.6) is 0 Å². The summed E-state index contributed by atoms with van der Waals surface area (Å²) < 4.78 is 36.3. The zero-order valence-electron chi connectivity index (χ0n) is 25.4. The van der Waals surface area contributed by atoms with E-state index in [0.29, 0.717) is 51.5 Å². The molecule has 46 heavy (non-hydrogen) atoms. The molecule has 0 radical (unpaired) electrons. The van der Waals surface area contributed by atoms with Crippen molar-refractivity contribution in [2.24, 2.45) is 0 Å². The summed E-state index contributed by atoms with van der Waals surface area (Å²) in [5.41, 5.74) is 0.495. The fraction of sp³-hybridized carbons (Fsp3) is 0.645. The first-order chi connectivity index (χ1) is 22.1. The van der Waals surface area contributed by atoms with Crippen LogP contribution in [0.25, 0.3) is 0 Å². The lowest BCUT2D eigenvalue weighted by atomic mass is 9.73. The number of piperidine rings is 1. The molecule has 8 rings (SSSR count). The first-order valence-corrected chi connectivity index (χ1v) is 16.2. The molecular weight excluding hydrogens is 602 g/mol. The van der Waals surface area contributed by atoms with Gasteiger partial charge in [0, 0.05) is 57.5 Å². The Morgan fingerprint density at radius 3 is 2.33 bits per heavy atom. The second-order valence-electron chi connectivity index (χ2n) is 13.7. The average Bonchev–Trinajstić information content (AvgIpc) is 3.74. The van der Waals surface area contributed by atoms with Gasteiger partial charge < -0.3 is 9.64 Å². The maximum absolute atomic E-state index is 14.0. The summed E-state index contributed by atoms with van der Waals surface area (Å²) in [6, 6.07) is 3.98. The van der Waals surface area contributed by atoms with E-state index in [4.69, 9.17) is 4.74 Å². The van der Waals surface area contributed by atoms with Crippen molar-refractivity contribution in [3.63, 3.8) is 0 Å². The van der Waals surface area contributed by atoms with Gasteiger partial charge >= 0.3 is 0 Å². The summed E-state index contributed by atoms with van der Waals surface area (Å²) in [6.45, 7) is 3.00. The van der Waals surface area contributed by atoms with E-state index in [-0.39, 0.29) is 48.5 Å². The summed E-state index contributed by atoms with van der Waals surface area (Å²) in [5, 5.41) is 15.1. The number of aromatic nitrogens is 4. The van der Waals surface area contributed by atoms with Crippen LogP contribution in [0, 0.1) is 0 Å². The van der Waals surface area contributed by atoms with Gasteiger partial charge in [-0.2, -0.15) is 0 Å². The number of rotatable bonds is 5. The zero-order chi connectivity index (χ0) is 31.8. The number of amides is 4. The van der Waals surface area contributed by atoms with E-state index in [0.717, 1.165) is 36.3 Å². The third-order valence-electron chi connectivity index (χ3n) is 11.1. The highest BCUT2D eigenvalue weighted by molar-refractivity contribution is 6.23. The van der Waals surface area contributed by atoms with Crippen molar-refractivity contribution in [3.8, 4) is 0 Å². The number of tetrazole rings is 1. The number of nitrogens with zero attached hydrogens (tertiary/aromatic N) is 7. The monoisotopic (exact) mass is 638 g/mol. The topological polar surface area (TPSA) is 143 Å². The van der Waals surface area contributed by atoms with E-state index in [1.165, 1.54) is 0 Å². The lowest BCUT2D eigenvalue weighted by Crippen LogP contribution is -2.58. The molecule has 6 aliphatic rings. The number of hydrogen-bond donors (Lipinski definition) is 1. The first-order valence-electron chi connectivity index (χ1n) is 16.2. The summed E-state index contributed by atoms with van der Waals surface area (Å²) in [7, 11) is 0. The van der Waals surface area contributed by atoms with Crippen LogP contribution < -0.4 is 10.2 Å². The Kier molecular flexibility index (Phi) is 6.80. The predicted molar refractivity (Wildman–Crippen MR) is 156 cm³/mol. The van der Waals surface area contributed by atoms with Gasteiger partial charge in [0.2, 0.25) is 17.7 Å². The lowest BCUT2D eigenvalue weighted by molar-refractivity contribution is -0.136. The maximum atomic E-state index is 14.0. The highest BCUT2D eigenvalue weighted by atomic mass is 19.3. The minimum Gasteiger partial charge on any atom is -0.372 e. The molecule has 4 amide bonds. The van der Waals surface area contributed by atoms with Crippen molar-refractivity contribution < 1.29 is 32.7 Å². The molecule has 244 valence electrons. The Bertz CT molecular complexity index is 1610. The molecule has 2 aliphatic carbocycles. The van der Waals surface area contributed by atoms with Gasteiger partial charge in [0.25, 0.3) is 11.8 Å². The molecule has 15 heteroatoms. The Morgan fingerprint density at radius 2 is 1.65 bits per heavy atom. The van der Waals surface area contributed by atoms with Crippen LogP contribution in [0.2, 0.25) is 0 Å². The molecule has 2 atom stereocenters. The van der Waals surface area contributed by atoms with Crippen molar-refractivity contribution in [1.82, 2.24) is 35.3 Å². The van der Waals surface area contributed by atoms with Gasteiger partial charge in [0.05, 0.1) is 29.4 Å². The molecule has 2 aromatic rings. The molecule has 13 nitrogen and oxygen atoms in total. The predicted octanol–water partition coefficient (Wildman–Crippen LogP) is 2.19. The number of nitrogens with one attached hydrogen (secondary N) is 1. The highest BCUT2D eigenvalue weighted by Gasteiger charge is 2.59. The highest BCUT2D eigenvalue weighted by Crippen LogP contribution is 2.53. The molecule has 3 saturated heterocycles. The normalized spacial score (nSPS) is 29.7. The van der Waals surface area contributed by atoms with Crippen LogP contribution in [0.4, 0.5) is 14.5 Å². The van der Waals surface area contributed by atoms with Crippen LogP contribution >= 0.6 is 0 Å². The second-order valence-corrected chi connectivity index (χ2v) is 13.7. The van der Waals surface area contributed by atoms with Gasteiger partial charge in [0.15, 0.2) is 5.82 Å². The van der Waals surface area contributed by atoms with E-state index in [9.17, 15) is 28.0 Å². The largest absolute Gasteiger partial charge is 0.372 e. The summed E-state index contributed by atoms with van der Waals surface area (Å²) >= 11 is 0. The lowest BCUT2D eigenvalue weighted by Gasteiger charge is -2.46. The van der Waals surface area contributed by atoms with Crippen LogP contribution in [-0.2, 0) is 19.9 Å². The number of anilines is 1. The maximum Gasteiger partial charge on any atom is 0.262 e. The Hall–Kier alpha value is -3.85. The summed E-state index contributed by atoms with van der Waals surface area (Å²) in [4.78, 5) is 56.2. The van der Waals surface area contributed by atoms with Gasteiger partial charge in [-0.25, -0.2) is 13.5 Å². The number of benzene rings is 1. The molecule has 4 aliphatic heterocycles. The standard InChI is InChI=1S/C31H36F2N8O5/c32-31(33)10-6-19(7-11-31)41-28(35-36-37-41)30(17-29(46-18-30)8-1-9-29)39-14-12-38(13-15-39)20-2-3-21-22(16-20)27(45)40(26(21)44)23-4-5-24(42)34-25(23)43/h2-3,16,19,23H,1,4-15,17-18H2,(H,34,42,43). The second kappa shape index (κ2) is 10.6. The van der Waals surface area contributed by atoms with Crippen molar-refractivity contribution in [3.05, 3.63) is 35.2 Å². The fourth-order valence-corrected chi connectivity index (χ4v) is 8.35. The molecule has 2 saturated carbocycles. The fourth-order valence-electron chi connectivity index (χ4n) is 8.35. The van der Waals surface area contributed by atoms with E-state index in [2.05, 4.69) is 30.6 Å². The Labute approximate surface area is 263 Å². The molecule has 2 unspecified atom stereocenters. The molecule has 1 aromatic carbocycles. The summed E-state index contributed by atoms with van der Waals surface area (Å²) in [6.07, 6.45) is 4.26. The number of ether oxygens (including phenoxy) is 1. The van der Waals surface area contributed by atoms with E-state index in [1.54, 1.807) is 16.8 Å². The van der Waals surface area contributed by atoms with Gasteiger partial charge in [-0.1, -0.05) is 0 Å². The number of fused-ring (bicyclic) bond motifs is 1. The van der Waals surface area contributed by atoms with Gasteiger partial charge in [-0.05, 0) is 67.2 Å². The van der Waals surface area contributed by atoms with E-state index >= 15 is 0 Å². The van der Waals surface area contributed by atoms with Crippen LogP contribution in [0.15, 0.2) is 18.2 Å². The smallest absolute Gasteiger partial charge is 0.262 e. The zero-order valence-corrected chi connectivity index (χ0v) is 25.4. The van der Waals surface area contributed by atoms with Crippen molar-refractivity contribution >= 4 is 29.3 Å². The third kappa shape index (κ3) is 4.64. The van der Waals surface area contributed by atoms with Crippen molar-refractivity contribution in [2.45, 2.75) is 93.4 Å². The molecule has 1 N–H and O–H groups in total. The SMILES string of the molecule is O=C1CCC(N2C(=O)c3ccc(N4CCN(C5(c6nnnn6C6CCC(F)(F)CC6)COC6(CCC6)C5)CC4)cc3C2=O)C(=O)N1. The Balaban J connectivity index is 1.01. The minimum atomic E-state index is -2.65. The van der Waals surface area contributed by atoms with Crippen LogP contribution in [0.1, 0.15) is 96.8 Å². The number of piperazine rings is 1. The number of hydrogen-bond acceptors (Lipinski definition) is 10. The van der Waals surface area contributed by atoms with Crippen molar-refractivity contribution in [1.29, 1.82) is 0 Å². The Morgan fingerprint density at radius 1 is 0.913 bits per heavy atom.